The van der Waals surface area contributed by atoms with Crippen LogP contribution >= 0.6 is 0 Å². The highest BCUT2D eigenvalue weighted by Crippen LogP contribution is 2.32. The highest BCUT2D eigenvalue weighted by molar-refractivity contribution is 6.07. The van der Waals surface area contributed by atoms with Gasteiger partial charge in [0.2, 0.25) is 0 Å². The lowest BCUT2D eigenvalue weighted by Gasteiger charge is -2.18. The number of aliphatic hydroxyl groups excluding tert-OH is 1. The summed E-state index contributed by atoms with van der Waals surface area (Å²) in [5.74, 6) is 0.820. The smallest absolute Gasteiger partial charge is 0.132 e. The fourth-order valence-electron chi connectivity index (χ4n) is 4.13. The zero-order valence-corrected chi connectivity index (χ0v) is 15.1. The van der Waals surface area contributed by atoms with Crippen LogP contribution in [0.15, 0.2) is 66.7 Å². The first-order chi connectivity index (χ1) is 13.3. The molecular weight excluding hydrogens is 334 g/mol. The summed E-state index contributed by atoms with van der Waals surface area (Å²) >= 11 is 0. The Bertz CT molecular complexity index is 1120. The molecule has 1 aliphatic heterocycles. The highest BCUT2D eigenvalue weighted by Gasteiger charge is 2.14. The Morgan fingerprint density at radius 1 is 0.926 bits per heavy atom. The van der Waals surface area contributed by atoms with E-state index in [-0.39, 0.29) is 6.61 Å². The predicted octanol–water partition coefficient (Wildman–Crippen LogP) is 4.94. The second-order valence-electron chi connectivity index (χ2n) is 6.98. The van der Waals surface area contributed by atoms with E-state index in [1.165, 1.54) is 27.4 Å². The summed E-state index contributed by atoms with van der Waals surface area (Å²) in [4.78, 5) is 0. The first-order valence-electron chi connectivity index (χ1n) is 9.37. The van der Waals surface area contributed by atoms with Gasteiger partial charge in [0, 0.05) is 39.5 Å². The molecule has 0 fully saturated rings. The maximum absolute atomic E-state index is 9.74. The minimum absolute atomic E-state index is 0.000601. The molecule has 0 saturated heterocycles. The van der Waals surface area contributed by atoms with Gasteiger partial charge in [0.05, 0.1) is 6.61 Å². The first kappa shape index (κ1) is 16.2. The van der Waals surface area contributed by atoms with Gasteiger partial charge in [-0.2, -0.15) is 0 Å². The number of hydrogen-bond acceptors (Lipinski definition) is 2. The van der Waals surface area contributed by atoms with Crippen LogP contribution in [0.4, 0.5) is 0 Å². The predicted molar refractivity (Wildman–Crippen MR) is 110 cm³/mol. The minimum atomic E-state index is -0.000601. The van der Waals surface area contributed by atoms with Gasteiger partial charge in [0.25, 0.3) is 0 Å². The lowest BCUT2D eigenvalue weighted by Crippen LogP contribution is -2.07. The van der Waals surface area contributed by atoms with Gasteiger partial charge in [-0.05, 0) is 42.3 Å². The number of fused-ring (bicyclic) bond motifs is 4. The molecule has 0 amide bonds. The molecule has 27 heavy (non-hydrogen) atoms. The van der Waals surface area contributed by atoms with Crippen molar-refractivity contribution in [3.05, 3.63) is 83.4 Å². The number of benzene rings is 3. The van der Waals surface area contributed by atoms with Gasteiger partial charge in [-0.25, -0.2) is 0 Å². The topological polar surface area (TPSA) is 34.4 Å². The number of aliphatic hydroxyl groups is 1. The average Bonchev–Trinajstić information content (AvgIpc) is 3.05. The molecule has 3 aromatic carbocycles. The van der Waals surface area contributed by atoms with Crippen LogP contribution in [0.25, 0.3) is 27.9 Å². The summed E-state index contributed by atoms with van der Waals surface area (Å²) in [7, 11) is 0. The number of aromatic nitrogens is 1. The first-order valence-corrected chi connectivity index (χ1v) is 9.37. The Balaban J connectivity index is 1.54. The van der Waals surface area contributed by atoms with Crippen LogP contribution in [0.3, 0.4) is 0 Å². The van der Waals surface area contributed by atoms with Crippen LogP contribution < -0.4 is 4.74 Å². The molecular formula is C24H21NO2. The summed E-state index contributed by atoms with van der Waals surface area (Å²) in [5.41, 5.74) is 5.68. The lowest BCUT2D eigenvalue weighted by atomic mass is 10.0. The quantitative estimate of drug-likeness (QED) is 0.563. The van der Waals surface area contributed by atoms with Gasteiger partial charge >= 0.3 is 0 Å². The van der Waals surface area contributed by atoms with Crippen LogP contribution in [0.1, 0.15) is 16.7 Å². The fraction of sp³-hybridized carbons (Fsp3) is 0.167. The monoisotopic (exact) mass is 355 g/mol. The van der Waals surface area contributed by atoms with Crippen molar-refractivity contribution < 1.29 is 9.84 Å². The van der Waals surface area contributed by atoms with Gasteiger partial charge in [-0.3, -0.25) is 0 Å². The zero-order chi connectivity index (χ0) is 18.2. The van der Waals surface area contributed by atoms with E-state index in [9.17, 15) is 5.11 Å². The van der Waals surface area contributed by atoms with Gasteiger partial charge < -0.3 is 14.4 Å². The van der Waals surface area contributed by atoms with Crippen molar-refractivity contribution in [2.75, 3.05) is 6.61 Å². The summed E-state index contributed by atoms with van der Waals surface area (Å²) in [6, 6.07) is 21.4. The van der Waals surface area contributed by atoms with Crippen LogP contribution in [0.2, 0.25) is 0 Å². The van der Waals surface area contributed by atoms with Crippen molar-refractivity contribution in [2.45, 2.75) is 19.6 Å². The maximum Gasteiger partial charge on any atom is 0.132 e. The molecule has 5 rings (SSSR count). The molecule has 3 nitrogen and oxygen atoms in total. The lowest BCUT2D eigenvalue weighted by molar-refractivity contribution is 0.269. The van der Waals surface area contributed by atoms with Crippen LogP contribution in [0.5, 0.6) is 5.75 Å². The molecule has 0 unspecified atom stereocenters. The molecule has 4 aromatic rings. The Labute approximate surface area is 158 Å². The molecule has 0 spiro atoms. The fourth-order valence-corrected chi connectivity index (χ4v) is 4.13. The van der Waals surface area contributed by atoms with Gasteiger partial charge in [0.15, 0.2) is 0 Å². The SMILES string of the molecule is OCc1cc(CCn2c3ccccc3c3ccccc32)cc2c1OCC=C2. The normalized spacial score (nSPS) is 13.1. The van der Waals surface area contributed by atoms with Crippen LogP contribution in [-0.4, -0.2) is 16.3 Å². The van der Waals surface area contributed by atoms with Crippen molar-refractivity contribution in [2.24, 2.45) is 0 Å². The number of rotatable bonds is 4. The van der Waals surface area contributed by atoms with E-state index in [1.54, 1.807) is 0 Å². The molecule has 0 aliphatic carbocycles. The van der Waals surface area contributed by atoms with Crippen molar-refractivity contribution >= 4 is 27.9 Å². The van der Waals surface area contributed by atoms with E-state index in [1.807, 2.05) is 6.08 Å². The van der Waals surface area contributed by atoms with Crippen LogP contribution in [-0.2, 0) is 19.6 Å². The Kier molecular flexibility index (Phi) is 3.95. The van der Waals surface area contributed by atoms with E-state index in [2.05, 4.69) is 71.3 Å². The molecule has 3 heteroatoms. The molecule has 0 bridgehead atoms. The minimum Gasteiger partial charge on any atom is -0.489 e. The number of ether oxygens (including phenoxy) is 1. The van der Waals surface area contributed by atoms with Crippen molar-refractivity contribution in [3.8, 4) is 5.75 Å². The summed E-state index contributed by atoms with van der Waals surface area (Å²) in [6.07, 6.45) is 5.00. The molecule has 0 atom stereocenters. The summed E-state index contributed by atoms with van der Waals surface area (Å²) in [5, 5.41) is 12.3. The largest absolute Gasteiger partial charge is 0.489 e. The van der Waals surface area contributed by atoms with E-state index >= 15 is 0 Å². The van der Waals surface area contributed by atoms with Crippen LogP contribution in [0, 0.1) is 0 Å². The van der Waals surface area contributed by atoms with Crippen molar-refractivity contribution in [1.82, 2.24) is 4.57 Å². The number of para-hydroxylation sites is 2. The second-order valence-corrected chi connectivity index (χ2v) is 6.98. The second kappa shape index (κ2) is 6.60. The Hall–Kier alpha value is -3.04. The average molecular weight is 355 g/mol. The van der Waals surface area contributed by atoms with E-state index in [4.69, 9.17) is 4.74 Å². The summed E-state index contributed by atoms with van der Waals surface area (Å²) in [6.45, 7) is 1.46. The molecule has 0 saturated carbocycles. The molecule has 134 valence electrons. The van der Waals surface area contributed by atoms with Gasteiger partial charge in [-0.15, -0.1) is 0 Å². The summed E-state index contributed by atoms with van der Waals surface area (Å²) < 4.78 is 8.11. The number of nitrogens with zero attached hydrogens (tertiary/aromatic N) is 1. The third-order valence-corrected chi connectivity index (χ3v) is 5.35. The van der Waals surface area contributed by atoms with Crippen molar-refractivity contribution in [1.29, 1.82) is 0 Å². The van der Waals surface area contributed by atoms with Gasteiger partial charge in [-0.1, -0.05) is 42.5 Å². The zero-order valence-electron chi connectivity index (χ0n) is 15.1. The van der Waals surface area contributed by atoms with E-state index < -0.39 is 0 Å². The number of aryl methyl sites for hydroxylation is 2. The van der Waals surface area contributed by atoms with Gasteiger partial charge in [0.1, 0.15) is 12.4 Å². The molecule has 0 radical (unpaired) electrons. The Morgan fingerprint density at radius 3 is 2.33 bits per heavy atom. The number of hydrogen-bond donors (Lipinski definition) is 1. The molecule has 2 heterocycles. The van der Waals surface area contributed by atoms with E-state index in [0.717, 1.165) is 29.8 Å². The maximum atomic E-state index is 9.74. The molecule has 1 aromatic heterocycles. The highest BCUT2D eigenvalue weighted by atomic mass is 16.5. The van der Waals surface area contributed by atoms with E-state index in [0.29, 0.717) is 6.61 Å². The molecule has 1 N–H and O–H groups in total. The Morgan fingerprint density at radius 2 is 1.63 bits per heavy atom. The standard InChI is InChI=1S/C24H21NO2/c26-16-19-15-17(14-18-6-5-13-27-24(18)19)11-12-25-22-9-3-1-7-20(22)21-8-2-4-10-23(21)25/h1-10,14-15,26H,11-13,16H2. The third kappa shape index (κ3) is 2.71. The molecule has 1 aliphatic rings. The third-order valence-electron chi connectivity index (χ3n) is 5.35. The van der Waals surface area contributed by atoms with Crippen molar-refractivity contribution in [3.63, 3.8) is 0 Å².